The molecule has 0 saturated carbocycles. The molecule has 8 nitrogen and oxygen atoms in total. The summed E-state index contributed by atoms with van der Waals surface area (Å²) in [5, 5.41) is 6.76. The van der Waals surface area contributed by atoms with Crippen LogP contribution in [0.4, 0.5) is 0 Å². The number of rotatable bonds is 8. The zero-order valence-corrected chi connectivity index (χ0v) is 20.4. The maximum atomic E-state index is 13.5. The van der Waals surface area contributed by atoms with Crippen LogP contribution in [-0.4, -0.2) is 67.3 Å². The molecule has 1 aliphatic carbocycles. The van der Waals surface area contributed by atoms with Crippen molar-refractivity contribution in [3.8, 4) is 11.5 Å². The van der Waals surface area contributed by atoms with E-state index in [1.807, 2.05) is 18.2 Å². The first kappa shape index (κ1) is 24.3. The average molecular weight is 469 g/mol. The van der Waals surface area contributed by atoms with Crippen molar-refractivity contribution < 1.29 is 19.1 Å². The normalized spacial score (nSPS) is 24.4. The third-order valence-electron chi connectivity index (χ3n) is 7.24. The van der Waals surface area contributed by atoms with Crippen LogP contribution >= 0.6 is 0 Å². The molecule has 2 aliphatic heterocycles. The number of amides is 2. The molecule has 2 amide bonds. The molecule has 0 bridgehead atoms. The zero-order valence-electron chi connectivity index (χ0n) is 20.4. The summed E-state index contributed by atoms with van der Waals surface area (Å²) in [6.45, 7) is 4.67. The quantitative estimate of drug-likeness (QED) is 0.592. The van der Waals surface area contributed by atoms with E-state index in [1.165, 1.54) is 0 Å². The highest BCUT2D eigenvalue weighted by Crippen LogP contribution is 2.38. The number of carbonyl (C=O) groups is 2. The van der Waals surface area contributed by atoms with Crippen molar-refractivity contribution in [2.75, 3.05) is 33.9 Å². The van der Waals surface area contributed by atoms with Crippen LogP contribution in [0, 0.1) is 17.8 Å². The predicted molar refractivity (Wildman–Crippen MR) is 131 cm³/mol. The Labute approximate surface area is 201 Å². The number of nitrogens with two attached hydrogens (primary N) is 1. The summed E-state index contributed by atoms with van der Waals surface area (Å²) in [5.74, 6) is 1.44. The fourth-order valence-electron chi connectivity index (χ4n) is 5.52. The Kier molecular flexibility index (Phi) is 7.56. The molecule has 0 aromatic heterocycles. The van der Waals surface area contributed by atoms with Crippen molar-refractivity contribution >= 4 is 17.5 Å². The molecule has 4 rings (SSSR count). The number of likely N-dealkylation sites (tertiary alicyclic amines) is 1. The second-order valence-electron chi connectivity index (χ2n) is 9.70. The smallest absolute Gasteiger partial charge is 0.247 e. The Morgan fingerprint density at radius 1 is 1.12 bits per heavy atom. The number of fused-ring (bicyclic) bond motifs is 1. The van der Waals surface area contributed by atoms with Crippen molar-refractivity contribution in [2.24, 2.45) is 28.6 Å². The minimum atomic E-state index is -0.255. The number of hydrazone groups is 1. The Balaban J connectivity index is 1.55. The van der Waals surface area contributed by atoms with E-state index in [9.17, 15) is 9.59 Å². The second kappa shape index (κ2) is 10.6. The number of carbonyl (C=O) groups excluding carboxylic acids is 2. The molecule has 34 heavy (non-hydrogen) atoms. The van der Waals surface area contributed by atoms with Gasteiger partial charge in [-0.2, -0.15) is 5.10 Å². The van der Waals surface area contributed by atoms with Crippen molar-refractivity contribution in [1.82, 2.24) is 9.91 Å². The van der Waals surface area contributed by atoms with Crippen LogP contribution in [0.2, 0.25) is 0 Å². The number of piperidine rings is 1. The van der Waals surface area contributed by atoms with Gasteiger partial charge in [0.15, 0.2) is 11.5 Å². The van der Waals surface area contributed by atoms with Gasteiger partial charge in [0, 0.05) is 37.5 Å². The third kappa shape index (κ3) is 5.12. The SMILES string of the molecule is COc1ccc(C2=NN(C3CCN(CC(C)CC(N)=O)CC3)C(=O)[C@@H]3CC=CC[C@H]23)cc1OC. The lowest BCUT2D eigenvalue weighted by atomic mass is 9.76. The van der Waals surface area contributed by atoms with Gasteiger partial charge in [-0.15, -0.1) is 0 Å². The summed E-state index contributed by atoms with van der Waals surface area (Å²) in [7, 11) is 3.25. The van der Waals surface area contributed by atoms with Gasteiger partial charge in [-0.05, 0) is 49.8 Å². The number of benzene rings is 1. The van der Waals surface area contributed by atoms with Crippen molar-refractivity contribution in [2.45, 2.75) is 45.1 Å². The molecule has 3 atom stereocenters. The van der Waals surface area contributed by atoms with E-state index < -0.39 is 0 Å². The first-order chi connectivity index (χ1) is 16.4. The number of ether oxygens (including phenoxy) is 2. The number of methoxy groups -OCH3 is 2. The van der Waals surface area contributed by atoms with E-state index in [2.05, 4.69) is 24.0 Å². The van der Waals surface area contributed by atoms with Gasteiger partial charge in [-0.1, -0.05) is 19.1 Å². The maximum absolute atomic E-state index is 13.5. The molecule has 2 N–H and O–H groups in total. The molecule has 1 unspecified atom stereocenters. The predicted octanol–water partition coefficient (Wildman–Crippen LogP) is 2.81. The summed E-state index contributed by atoms with van der Waals surface area (Å²) < 4.78 is 10.9. The lowest BCUT2D eigenvalue weighted by molar-refractivity contribution is -0.141. The Bertz CT molecular complexity index is 968. The van der Waals surface area contributed by atoms with E-state index >= 15 is 0 Å². The van der Waals surface area contributed by atoms with E-state index in [4.69, 9.17) is 20.3 Å². The molecule has 0 radical (unpaired) electrons. The number of primary amides is 1. The van der Waals surface area contributed by atoms with Gasteiger partial charge in [0.05, 0.1) is 31.9 Å². The summed E-state index contributed by atoms with van der Waals surface area (Å²) >= 11 is 0. The molecule has 2 heterocycles. The van der Waals surface area contributed by atoms with Crippen LogP contribution in [0.1, 0.15) is 44.6 Å². The van der Waals surface area contributed by atoms with Gasteiger partial charge in [0.1, 0.15) is 0 Å². The van der Waals surface area contributed by atoms with Crippen molar-refractivity contribution in [1.29, 1.82) is 0 Å². The molecule has 1 fully saturated rings. The molecular formula is C26H36N4O4. The van der Waals surface area contributed by atoms with Crippen LogP contribution in [0.15, 0.2) is 35.5 Å². The largest absolute Gasteiger partial charge is 0.493 e. The zero-order chi connectivity index (χ0) is 24.2. The summed E-state index contributed by atoms with van der Waals surface area (Å²) in [6.07, 6.45) is 7.98. The number of hydrogen-bond donors (Lipinski definition) is 1. The van der Waals surface area contributed by atoms with Gasteiger partial charge in [0.25, 0.3) is 0 Å². The molecule has 0 spiro atoms. The van der Waals surface area contributed by atoms with Crippen molar-refractivity contribution in [3.05, 3.63) is 35.9 Å². The van der Waals surface area contributed by atoms with Gasteiger partial charge < -0.3 is 20.1 Å². The van der Waals surface area contributed by atoms with E-state index in [1.54, 1.807) is 19.2 Å². The minimum absolute atomic E-state index is 0.0709. The first-order valence-corrected chi connectivity index (χ1v) is 12.2. The lowest BCUT2D eigenvalue weighted by Crippen LogP contribution is -2.52. The Hall–Kier alpha value is -2.87. The Morgan fingerprint density at radius 2 is 1.79 bits per heavy atom. The lowest BCUT2D eigenvalue weighted by Gasteiger charge is -2.43. The highest BCUT2D eigenvalue weighted by molar-refractivity contribution is 6.07. The van der Waals surface area contributed by atoms with Gasteiger partial charge in [-0.3, -0.25) is 9.59 Å². The summed E-state index contributed by atoms with van der Waals surface area (Å²) in [6, 6.07) is 5.95. The fraction of sp³-hybridized carbons (Fsp3) is 0.577. The van der Waals surface area contributed by atoms with Crippen LogP contribution in [0.3, 0.4) is 0 Å². The van der Waals surface area contributed by atoms with Gasteiger partial charge >= 0.3 is 0 Å². The number of nitrogens with zero attached hydrogens (tertiary/aromatic N) is 3. The van der Waals surface area contributed by atoms with Gasteiger partial charge in [0.2, 0.25) is 11.8 Å². The third-order valence-corrected chi connectivity index (χ3v) is 7.24. The van der Waals surface area contributed by atoms with E-state index in [-0.39, 0.29) is 35.6 Å². The van der Waals surface area contributed by atoms with Crippen LogP contribution in [0.25, 0.3) is 0 Å². The maximum Gasteiger partial charge on any atom is 0.247 e. The summed E-state index contributed by atoms with van der Waals surface area (Å²) in [4.78, 5) is 27.1. The second-order valence-corrected chi connectivity index (χ2v) is 9.70. The van der Waals surface area contributed by atoms with E-state index in [0.29, 0.717) is 17.9 Å². The van der Waals surface area contributed by atoms with Crippen LogP contribution in [0.5, 0.6) is 11.5 Å². The topological polar surface area (TPSA) is 97.5 Å². The minimum Gasteiger partial charge on any atom is -0.493 e. The van der Waals surface area contributed by atoms with Gasteiger partial charge in [-0.25, -0.2) is 5.01 Å². The first-order valence-electron chi connectivity index (χ1n) is 12.2. The summed E-state index contributed by atoms with van der Waals surface area (Å²) in [5.41, 5.74) is 7.27. The molecule has 1 saturated heterocycles. The van der Waals surface area contributed by atoms with Crippen molar-refractivity contribution in [3.63, 3.8) is 0 Å². The monoisotopic (exact) mass is 468 g/mol. The molecule has 3 aliphatic rings. The molecule has 1 aromatic rings. The highest BCUT2D eigenvalue weighted by atomic mass is 16.5. The molecule has 184 valence electrons. The van der Waals surface area contributed by atoms with Crippen LogP contribution < -0.4 is 15.2 Å². The standard InChI is InChI=1S/C26H36N4O4/c1-17(14-24(27)31)16-29-12-10-19(11-13-29)30-26(32)21-7-5-4-6-20(21)25(28-30)18-8-9-22(33-2)23(15-18)34-3/h4-5,8-9,15,17,19-21H,6-7,10-14,16H2,1-3H3,(H2,27,31)/t17?,20-,21+/m0/s1. The highest BCUT2D eigenvalue weighted by Gasteiger charge is 2.43. The molecule has 1 aromatic carbocycles. The Morgan fingerprint density at radius 3 is 2.44 bits per heavy atom. The van der Waals surface area contributed by atoms with Crippen LogP contribution in [-0.2, 0) is 9.59 Å². The number of hydrogen-bond acceptors (Lipinski definition) is 6. The average Bonchev–Trinajstić information content (AvgIpc) is 2.84. The molecular weight excluding hydrogens is 432 g/mol. The number of allylic oxidation sites excluding steroid dienone is 2. The van der Waals surface area contributed by atoms with E-state index in [0.717, 1.165) is 56.6 Å². The fourth-order valence-corrected chi connectivity index (χ4v) is 5.52. The molecule has 8 heteroatoms.